The largest absolute Gasteiger partial charge is 0.352 e. The van der Waals surface area contributed by atoms with E-state index in [0.29, 0.717) is 0 Å². The van der Waals surface area contributed by atoms with Crippen molar-refractivity contribution in [2.45, 2.75) is 63.1 Å². The Morgan fingerprint density at radius 2 is 1.62 bits per heavy atom. The summed E-state index contributed by atoms with van der Waals surface area (Å²) in [5, 5.41) is 4.81. The number of sulfonamides is 1. The highest BCUT2D eigenvalue weighted by molar-refractivity contribution is 7.89. The Bertz CT molecular complexity index is 1370. The number of fused-ring (bicyclic) bond motifs is 1. The third-order valence-corrected chi connectivity index (χ3v) is 8.93. The third-order valence-electron chi connectivity index (χ3n) is 7.13. The number of hydrogen-bond acceptors (Lipinski definition) is 4. The van der Waals surface area contributed by atoms with Crippen molar-refractivity contribution in [2.24, 2.45) is 0 Å². The van der Waals surface area contributed by atoms with Gasteiger partial charge in [-0.2, -0.15) is 4.31 Å². The highest BCUT2D eigenvalue weighted by Gasteiger charge is 2.31. The van der Waals surface area contributed by atoms with Crippen LogP contribution in [0.2, 0.25) is 0 Å². The second kappa shape index (κ2) is 11.4. The molecule has 1 aliphatic carbocycles. The summed E-state index contributed by atoms with van der Waals surface area (Å²) in [5.41, 5.74) is 1.97. The van der Waals surface area contributed by atoms with Crippen molar-refractivity contribution in [3.63, 3.8) is 0 Å². The fourth-order valence-electron chi connectivity index (χ4n) is 4.74. The summed E-state index contributed by atoms with van der Waals surface area (Å²) in [6.45, 7) is 3.52. The molecule has 0 aliphatic heterocycles. The number of rotatable bonds is 9. The van der Waals surface area contributed by atoms with Crippen LogP contribution >= 0.6 is 0 Å². The number of nitrogens with zero attached hydrogens (tertiary/aromatic N) is 2. The fraction of sp³-hybridized carbons (Fsp3) is 0.379. The van der Waals surface area contributed by atoms with Gasteiger partial charge < -0.3 is 10.2 Å². The molecule has 7 nitrogen and oxygen atoms in total. The number of likely N-dealkylation sites (N-methyl/N-ethyl adjacent to an activating group) is 1. The van der Waals surface area contributed by atoms with E-state index in [9.17, 15) is 18.0 Å². The van der Waals surface area contributed by atoms with E-state index in [2.05, 4.69) is 5.32 Å². The van der Waals surface area contributed by atoms with E-state index in [1.54, 1.807) is 25.1 Å². The zero-order chi connectivity index (χ0) is 26.6. The molecule has 3 aromatic rings. The standard InChI is InChI=1S/C29H35N3O4S/c1-21-12-14-23(15-13-21)19-32(22(2)29(34)30-26-10-6-7-11-26)28(33)20-31(3)37(35,36)27-17-16-24-8-4-5-9-25(24)18-27/h4-5,8-9,12-18,22,26H,6-7,10-11,19-20H2,1-3H3,(H,30,34)/t22-/m0/s1. The Balaban J connectivity index is 1.54. The number of benzene rings is 3. The van der Waals surface area contributed by atoms with Gasteiger partial charge in [-0.25, -0.2) is 8.42 Å². The number of amides is 2. The second-order valence-electron chi connectivity index (χ2n) is 9.94. The minimum atomic E-state index is -3.92. The molecule has 1 atom stereocenters. The van der Waals surface area contributed by atoms with Gasteiger partial charge in [0.05, 0.1) is 11.4 Å². The van der Waals surface area contributed by atoms with Gasteiger partial charge in [-0.1, -0.05) is 73.0 Å². The molecular weight excluding hydrogens is 486 g/mol. The highest BCUT2D eigenvalue weighted by atomic mass is 32.2. The Labute approximate surface area is 219 Å². The molecule has 37 heavy (non-hydrogen) atoms. The predicted octanol–water partition coefficient (Wildman–Crippen LogP) is 4.24. The zero-order valence-corrected chi connectivity index (χ0v) is 22.5. The molecule has 1 aliphatic rings. The quantitative estimate of drug-likeness (QED) is 0.456. The van der Waals surface area contributed by atoms with Gasteiger partial charge in [-0.3, -0.25) is 9.59 Å². The van der Waals surface area contributed by atoms with Crippen LogP contribution in [-0.4, -0.2) is 55.1 Å². The van der Waals surface area contributed by atoms with Gasteiger partial charge in [0.2, 0.25) is 21.8 Å². The summed E-state index contributed by atoms with van der Waals surface area (Å²) in [7, 11) is -2.52. The molecular formula is C29H35N3O4S. The lowest BCUT2D eigenvalue weighted by atomic mass is 10.1. The van der Waals surface area contributed by atoms with Gasteiger partial charge in [-0.15, -0.1) is 0 Å². The predicted molar refractivity (Wildman–Crippen MR) is 145 cm³/mol. The van der Waals surface area contributed by atoms with Crippen molar-refractivity contribution in [3.05, 3.63) is 77.9 Å². The lowest BCUT2D eigenvalue weighted by Gasteiger charge is -2.31. The van der Waals surface area contributed by atoms with Gasteiger partial charge in [0.15, 0.2) is 0 Å². The molecule has 1 fully saturated rings. The van der Waals surface area contributed by atoms with E-state index < -0.39 is 22.0 Å². The van der Waals surface area contributed by atoms with E-state index >= 15 is 0 Å². The Morgan fingerprint density at radius 1 is 0.973 bits per heavy atom. The van der Waals surface area contributed by atoms with E-state index in [-0.39, 0.29) is 29.9 Å². The van der Waals surface area contributed by atoms with Gasteiger partial charge in [0, 0.05) is 19.6 Å². The molecule has 0 aromatic heterocycles. The molecule has 0 unspecified atom stereocenters. The molecule has 0 bridgehead atoms. The maximum absolute atomic E-state index is 13.5. The van der Waals surface area contributed by atoms with Gasteiger partial charge in [-0.05, 0) is 55.2 Å². The maximum atomic E-state index is 13.5. The molecule has 1 saturated carbocycles. The fourth-order valence-corrected chi connectivity index (χ4v) is 5.90. The van der Waals surface area contributed by atoms with Crippen LogP contribution in [-0.2, 0) is 26.2 Å². The zero-order valence-electron chi connectivity index (χ0n) is 21.7. The number of aryl methyl sites for hydroxylation is 1. The smallest absolute Gasteiger partial charge is 0.243 e. The van der Waals surface area contributed by atoms with Crippen LogP contribution in [0.15, 0.2) is 71.6 Å². The van der Waals surface area contributed by atoms with Crippen LogP contribution in [0.5, 0.6) is 0 Å². The number of carbonyl (C=O) groups excluding carboxylic acids is 2. The molecule has 196 valence electrons. The van der Waals surface area contributed by atoms with Gasteiger partial charge in [0.1, 0.15) is 6.04 Å². The first kappa shape index (κ1) is 26.8. The normalized spacial score (nSPS) is 15.1. The van der Waals surface area contributed by atoms with Crippen LogP contribution in [0, 0.1) is 6.92 Å². The molecule has 2 amide bonds. The monoisotopic (exact) mass is 521 g/mol. The van der Waals surface area contributed by atoms with Gasteiger partial charge in [0.25, 0.3) is 0 Å². The summed E-state index contributed by atoms with van der Waals surface area (Å²) in [6.07, 6.45) is 4.06. The molecule has 0 heterocycles. The molecule has 0 radical (unpaired) electrons. The first-order valence-corrected chi connectivity index (χ1v) is 14.2. The third kappa shape index (κ3) is 6.37. The van der Waals surface area contributed by atoms with Crippen LogP contribution in [0.1, 0.15) is 43.7 Å². The van der Waals surface area contributed by atoms with Crippen molar-refractivity contribution in [1.29, 1.82) is 0 Å². The number of hydrogen-bond donors (Lipinski definition) is 1. The molecule has 8 heteroatoms. The lowest BCUT2D eigenvalue weighted by molar-refractivity contribution is -0.140. The second-order valence-corrected chi connectivity index (χ2v) is 12.0. The highest BCUT2D eigenvalue weighted by Crippen LogP contribution is 2.22. The number of carbonyl (C=O) groups is 2. The average molecular weight is 522 g/mol. The van der Waals surface area contributed by atoms with Gasteiger partial charge >= 0.3 is 0 Å². The molecule has 3 aromatic carbocycles. The molecule has 0 spiro atoms. The first-order chi connectivity index (χ1) is 17.6. The molecule has 0 saturated heterocycles. The summed E-state index contributed by atoms with van der Waals surface area (Å²) in [5.74, 6) is -0.645. The summed E-state index contributed by atoms with van der Waals surface area (Å²) in [6, 6.07) is 19.6. The summed E-state index contributed by atoms with van der Waals surface area (Å²) < 4.78 is 27.7. The Hall–Kier alpha value is -3.23. The van der Waals surface area contributed by atoms with Crippen LogP contribution in [0.3, 0.4) is 0 Å². The summed E-state index contributed by atoms with van der Waals surface area (Å²) >= 11 is 0. The van der Waals surface area contributed by atoms with Crippen molar-refractivity contribution >= 4 is 32.6 Å². The van der Waals surface area contributed by atoms with Crippen molar-refractivity contribution in [1.82, 2.24) is 14.5 Å². The van der Waals surface area contributed by atoms with Crippen molar-refractivity contribution in [2.75, 3.05) is 13.6 Å². The van der Waals surface area contributed by atoms with Crippen molar-refractivity contribution in [3.8, 4) is 0 Å². The molecule has 1 N–H and O–H groups in total. The lowest BCUT2D eigenvalue weighted by Crippen LogP contribution is -2.52. The van der Waals surface area contributed by atoms with E-state index in [1.165, 1.54) is 11.9 Å². The first-order valence-electron chi connectivity index (χ1n) is 12.8. The topological polar surface area (TPSA) is 86.8 Å². The summed E-state index contributed by atoms with van der Waals surface area (Å²) in [4.78, 5) is 28.2. The van der Waals surface area contributed by atoms with Crippen LogP contribution in [0.25, 0.3) is 10.8 Å². The van der Waals surface area contributed by atoms with Crippen LogP contribution in [0.4, 0.5) is 0 Å². The average Bonchev–Trinajstić information content (AvgIpc) is 3.40. The van der Waals surface area contributed by atoms with E-state index in [0.717, 1.165) is 51.9 Å². The van der Waals surface area contributed by atoms with Crippen molar-refractivity contribution < 1.29 is 18.0 Å². The number of nitrogens with one attached hydrogen (secondary N) is 1. The minimum absolute atomic E-state index is 0.124. The van der Waals surface area contributed by atoms with Crippen LogP contribution < -0.4 is 5.32 Å². The van der Waals surface area contributed by atoms with E-state index in [1.807, 2.05) is 55.5 Å². The SMILES string of the molecule is Cc1ccc(CN(C(=O)CN(C)S(=O)(=O)c2ccc3ccccc3c2)[C@@H](C)C(=O)NC2CCCC2)cc1. The molecule has 4 rings (SSSR count). The minimum Gasteiger partial charge on any atom is -0.352 e. The maximum Gasteiger partial charge on any atom is 0.243 e. The Morgan fingerprint density at radius 3 is 2.30 bits per heavy atom. The van der Waals surface area contributed by atoms with E-state index in [4.69, 9.17) is 0 Å². The Kier molecular flexibility index (Phi) is 8.29.